The van der Waals surface area contributed by atoms with Crippen LogP contribution in [0.2, 0.25) is 0 Å². The molecule has 2 aliphatic heterocycles. The first-order valence-corrected chi connectivity index (χ1v) is 9.54. The third-order valence-electron chi connectivity index (χ3n) is 5.72. The molecule has 2 heterocycles. The molecule has 0 radical (unpaired) electrons. The maximum Gasteiger partial charge on any atom is 0.254 e. The first-order chi connectivity index (χ1) is 13.1. The van der Waals surface area contributed by atoms with Crippen LogP contribution in [0.4, 0.5) is 4.39 Å². The molecule has 142 valence electrons. The van der Waals surface area contributed by atoms with Crippen molar-refractivity contribution in [1.82, 2.24) is 9.80 Å². The van der Waals surface area contributed by atoms with Crippen molar-refractivity contribution in [2.24, 2.45) is 0 Å². The lowest BCUT2D eigenvalue weighted by Crippen LogP contribution is -2.56. The van der Waals surface area contributed by atoms with E-state index in [4.69, 9.17) is 4.74 Å². The normalized spacial score (nSPS) is 20.0. The predicted molar refractivity (Wildman–Crippen MR) is 103 cm³/mol. The Morgan fingerprint density at radius 1 is 1.00 bits per heavy atom. The summed E-state index contributed by atoms with van der Waals surface area (Å²) in [7, 11) is 2.12. The molecule has 0 unspecified atom stereocenters. The van der Waals surface area contributed by atoms with Crippen LogP contribution in [0.3, 0.4) is 0 Å². The zero-order valence-corrected chi connectivity index (χ0v) is 15.7. The van der Waals surface area contributed by atoms with Gasteiger partial charge in [-0.05, 0) is 37.6 Å². The lowest BCUT2D eigenvalue weighted by molar-refractivity contribution is -0.127. The number of ether oxygens (including phenoxy) is 1. The highest BCUT2D eigenvalue weighted by molar-refractivity contribution is 6.01. The van der Waals surface area contributed by atoms with Gasteiger partial charge in [0.05, 0.1) is 12.2 Å². The predicted octanol–water partition coefficient (Wildman–Crippen LogP) is 3.43. The lowest BCUT2D eigenvalue weighted by atomic mass is 9.88. The van der Waals surface area contributed by atoms with E-state index in [9.17, 15) is 9.18 Å². The molecule has 2 aromatic carbocycles. The minimum absolute atomic E-state index is 0.0344. The monoisotopic (exact) mass is 368 g/mol. The molecule has 1 amide bonds. The van der Waals surface area contributed by atoms with E-state index in [1.807, 2.05) is 23.1 Å². The van der Waals surface area contributed by atoms with E-state index >= 15 is 0 Å². The van der Waals surface area contributed by atoms with Crippen LogP contribution in [-0.2, 0) is 4.74 Å². The van der Waals surface area contributed by atoms with E-state index in [1.54, 1.807) is 24.3 Å². The van der Waals surface area contributed by atoms with E-state index in [-0.39, 0.29) is 17.3 Å². The molecule has 5 heteroatoms. The quantitative estimate of drug-likeness (QED) is 0.814. The summed E-state index contributed by atoms with van der Waals surface area (Å²) in [5, 5.41) is 0. The van der Waals surface area contributed by atoms with Gasteiger partial charge in [-0.1, -0.05) is 36.4 Å². The fraction of sp³-hybridized carbons (Fsp3) is 0.409. The number of likely N-dealkylation sites (N-methyl/N-ethyl adjacent to an activating group) is 1. The fourth-order valence-electron chi connectivity index (χ4n) is 4.21. The highest BCUT2D eigenvalue weighted by Crippen LogP contribution is 2.32. The van der Waals surface area contributed by atoms with E-state index in [0.717, 1.165) is 32.5 Å². The summed E-state index contributed by atoms with van der Waals surface area (Å²) < 4.78 is 20.4. The number of hydrogen-bond acceptors (Lipinski definition) is 3. The van der Waals surface area contributed by atoms with Crippen molar-refractivity contribution < 1.29 is 13.9 Å². The Hall–Kier alpha value is -2.24. The molecule has 0 bridgehead atoms. The zero-order valence-electron chi connectivity index (χ0n) is 15.7. The van der Waals surface area contributed by atoms with Crippen molar-refractivity contribution >= 4 is 5.91 Å². The molecule has 0 saturated carbocycles. The Labute approximate surface area is 159 Å². The summed E-state index contributed by atoms with van der Waals surface area (Å²) in [5.41, 5.74) is 1.54. The van der Waals surface area contributed by atoms with Crippen LogP contribution in [0.25, 0.3) is 11.1 Å². The molecular formula is C22H25FN2O2. The molecule has 0 N–H and O–H groups in total. The van der Waals surface area contributed by atoms with E-state index < -0.39 is 0 Å². The Morgan fingerprint density at radius 2 is 1.67 bits per heavy atom. The number of benzene rings is 2. The standard InChI is InChI=1S/C22H25FN2O2/c1-24-14-15-27-22(16-24)10-12-25(13-11-22)21(26)19-8-3-2-6-17(19)18-7-4-5-9-20(18)23/h2-9H,10-16H2,1H3. The van der Waals surface area contributed by atoms with Gasteiger partial charge in [0, 0.05) is 37.3 Å². The molecule has 4 rings (SSSR count). The average molecular weight is 368 g/mol. The van der Waals surface area contributed by atoms with Crippen LogP contribution < -0.4 is 0 Å². The number of halogens is 1. The van der Waals surface area contributed by atoms with Crippen molar-refractivity contribution in [3.8, 4) is 11.1 Å². The highest BCUT2D eigenvalue weighted by atomic mass is 19.1. The average Bonchev–Trinajstić information content (AvgIpc) is 2.68. The molecule has 0 atom stereocenters. The molecular weight excluding hydrogens is 343 g/mol. The van der Waals surface area contributed by atoms with Gasteiger partial charge in [0.15, 0.2) is 0 Å². The smallest absolute Gasteiger partial charge is 0.254 e. The topological polar surface area (TPSA) is 32.8 Å². The van der Waals surface area contributed by atoms with Crippen LogP contribution in [0, 0.1) is 5.82 Å². The largest absolute Gasteiger partial charge is 0.372 e. The summed E-state index contributed by atoms with van der Waals surface area (Å²) >= 11 is 0. The summed E-state index contributed by atoms with van der Waals surface area (Å²) in [6.45, 7) is 3.96. The van der Waals surface area contributed by atoms with Crippen molar-refractivity contribution in [1.29, 1.82) is 0 Å². The molecule has 27 heavy (non-hydrogen) atoms. The number of likely N-dealkylation sites (tertiary alicyclic amines) is 1. The van der Waals surface area contributed by atoms with Gasteiger partial charge in [0.2, 0.25) is 0 Å². The number of morpholine rings is 1. The number of carbonyl (C=O) groups is 1. The Kier molecular flexibility index (Phi) is 4.98. The number of rotatable bonds is 2. The molecule has 0 aromatic heterocycles. The molecule has 2 aromatic rings. The third-order valence-corrected chi connectivity index (χ3v) is 5.72. The maximum absolute atomic E-state index is 14.3. The maximum atomic E-state index is 14.3. The molecule has 2 fully saturated rings. The van der Waals surface area contributed by atoms with Gasteiger partial charge >= 0.3 is 0 Å². The second-order valence-electron chi connectivity index (χ2n) is 7.59. The Morgan fingerprint density at radius 3 is 2.37 bits per heavy atom. The summed E-state index contributed by atoms with van der Waals surface area (Å²) in [6.07, 6.45) is 1.68. The highest BCUT2D eigenvalue weighted by Gasteiger charge is 2.40. The van der Waals surface area contributed by atoms with Crippen LogP contribution in [0.5, 0.6) is 0 Å². The summed E-state index contributed by atoms with van der Waals surface area (Å²) in [5.74, 6) is -0.346. The van der Waals surface area contributed by atoms with Crippen molar-refractivity contribution in [2.75, 3.05) is 39.8 Å². The van der Waals surface area contributed by atoms with Crippen molar-refractivity contribution in [2.45, 2.75) is 18.4 Å². The summed E-state index contributed by atoms with van der Waals surface area (Å²) in [4.78, 5) is 17.4. The van der Waals surface area contributed by atoms with Crippen LogP contribution in [0.15, 0.2) is 48.5 Å². The van der Waals surface area contributed by atoms with E-state index in [0.29, 0.717) is 29.8 Å². The number of piperidine rings is 1. The Bertz CT molecular complexity index is 831. The number of nitrogens with zero attached hydrogens (tertiary/aromatic N) is 2. The fourth-order valence-corrected chi connectivity index (χ4v) is 4.21. The van der Waals surface area contributed by atoms with Crippen molar-refractivity contribution in [3.63, 3.8) is 0 Å². The van der Waals surface area contributed by atoms with E-state index in [1.165, 1.54) is 6.07 Å². The molecule has 0 aliphatic carbocycles. The van der Waals surface area contributed by atoms with Crippen LogP contribution in [0.1, 0.15) is 23.2 Å². The molecule has 2 aliphatic rings. The first kappa shape index (κ1) is 18.1. The van der Waals surface area contributed by atoms with Gasteiger partial charge in [-0.2, -0.15) is 0 Å². The summed E-state index contributed by atoms with van der Waals surface area (Å²) in [6, 6.07) is 13.9. The molecule has 1 spiro atoms. The third kappa shape index (κ3) is 3.62. The second-order valence-corrected chi connectivity index (χ2v) is 7.59. The van der Waals surface area contributed by atoms with Gasteiger partial charge in [0.25, 0.3) is 5.91 Å². The van der Waals surface area contributed by atoms with Crippen LogP contribution in [-0.4, -0.2) is 61.1 Å². The number of carbonyl (C=O) groups excluding carboxylic acids is 1. The molecule has 2 saturated heterocycles. The van der Waals surface area contributed by atoms with Gasteiger partial charge in [-0.3, -0.25) is 4.79 Å². The zero-order chi connectivity index (χ0) is 18.9. The Balaban J connectivity index is 1.54. The lowest BCUT2D eigenvalue weighted by Gasteiger charge is -2.46. The number of hydrogen-bond donors (Lipinski definition) is 0. The van der Waals surface area contributed by atoms with Crippen molar-refractivity contribution in [3.05, 3.63) is 59.9 Å². The minimum Gasteiger partial charge on any atom is -0.372 e. The molecule has 4 nitrogen and oxygen atoms in total. The second kappa shape index (κ2) is 7.41. The SMILES string of the molecule is CN1CCOC2(CCN(C(=O)c3ccccc3-c3ccccc3F)CC2)C1. The van der Waals surface area contributed by atoms with Gasteiger partial charge < -0.3 is 14.5 Å². The van der Waals surface area contributed by atoms with E-state index in [2.05, 4.69) is 11.9 Å². The minimum atomic E-state index is -0.311. The van der Waals surface area contributed by atoms with Crippen LogP contribution >= 0.6 is 0 Å². The first-order valence-electron chi connectivity index (χ1n) is 9.54. The number of amides is 1. The van der Waals surface area contributed by atoms with Gasteiger partial charge in [-0.15, -0.1) is 0 Å². The van der Waals surface area contributed by atoms with Gasteiger partial charge in [-0.25, -0.2) is 4.39 Å². The van der Waals surface area contributed by atoms with Gasteiger partial charge in [0.1, 0.15) is 5.82 Å².